The van der Waals surface area contributed by atoms with Gasteiger partial charge in [0.25, 0.3) is 0 Å². The Morgan fingerprint density at radius 1 is 1.19 bits per heavy atom. The number of nitrogens with one attached hydrogen (secondary N) is 1. The van der Waals surface area contributed by atoms with Gasteiger partial charge < -0.3 is 5.32 Å². The van der Waals surface area contributed by atoms with Crippen LogP contribution in [0.25, 0.3) is 0 Å². The van der Waals surface area contributed by atoms with Crippen molar-refractivity contribution in [3.63, 3.8) is 0 Å². The van der Waals surface area contributed by atoms with E-state index in [1.54, 1.807) is 0 Å². The number of carbonyl (C=O) groups is 1. The molecule has 0 spiro atoms. The molecule has 5 heteroatoms. The number of amides is 1. The van der Waals surface area contributed by atoms with Crippen LogP contribution >= 0.6 is 11.8 Å². The molecule has 26 heavy (non-hydrogen) atoms. The van der Waals surface area contributed by atoms with E-state index in [0.717, 1.165) is 28.8 Å². The maximum absolute atomic E-state index is 12.4. The second-order valence-corrected chi connectivity index (χ2v) is 7.43. The first kappa shape index (κ1) is 20.0. The van der Waals surface area contributed by atoms with Gasteiger partial charge in [0.1, 0.15) is 11.1 Å². The molecule has 0 saturated carbocycles. The fourth-order valence-corrected chi connectivity index (χ4v) is 3.63. The lowest BCUT2D eigenvalue weighted by molar-refractivity contribution is -0.119. The summed E-state index contributed by atoms with van der Waals surface area (Å²) < 4.78 is 0. The number of aromatic nitrogens is 1. The summed E-state index contributed by atoms with van der Waals surface area (Å²) in [5.74, 6) is 0.190. The summed E-state index contributed by atoms with van der Waals surface area (Å²) in [6, 6.07) is 10.4. The molecule has 0 aliphatic carbocycles. The summed E-state index contributed by atoms with van der Waals surface area (Å²) in [4.78, 5) is 16.9. The molecule has 1 N–H and O–H groups in total. The van der Waals surface area contributed by atoms with Crippen molar-refractivity contribution in [2.45, 2.75) is 52.1 Å². The molecule has 1 atom stereocenters. The first-order valence-electron chi connectivity index (χ1n) is 8.74. The Hall–Kier alpha value is -2.32. The van der Waals surface area contributed by atoms with Crippen LogP contribution in [0.15, 0.2) is 29.3 Å². The topological polar surface area (TPSA) is 65.8 Å². The molecule has 1 unspecified atom stereocenters. The molecule has 4 nitrogen and oxygen atoms in total. The van der Waals surface area contributed by atoms with E-state index in [1.807, 2.05) is 27.7 Å². The van der Waals surface area contributed by atoms with Gasteiger partial charge >= 0.3 is 0 Å². The number of nitriles is 1. The van der Waals surface area contributed by atoms with E-state index in [2.05, 4.69) is 47.6 Å². The minimum absolute atomic E-state index is 0.00594. The van der Waals surface area contributed by atoms with E-state index >= 15 is 0 Å². The van der Waals surface area contributed by atoms with Gasteiger partial charge in [-0.05, 0) is 50.8 Å². The van der Waals surface area contributed by atoms with Crippen LogP contribution in [-0.2, 0) is 4.79 Å². The Balaban J connectivity index is 2.07. The van der Waals surface area contributed by atoms with Gasteiger partial charge in [0.2, 0.25) is 5.91 Å². The van der Waals surface area contributed by atoms with Crippen molar-refractivity contribution < 1.29 is 4.79 Å². The number of thioether (sulfide) groups is 1. The maximum Gasteiger partial charge on any atom is 0.230 e. The average Bonchev–Trinajstić information content (AvgIpc) is 2.63. The minimum Gasteiger partial charge on any atom is -0.349 e. The second kappa shape index (κ2) is 8.86. The highest BCUT2D eigenvalue weighted by atomic mass is 32.2. The van der Waals surface area contributed by atoms with Crippen LogP contribution in [0.5, 0.6) is 0 Å². The first-order valence-corrected chi connectivity index (χ1v) is 9.72. The SMILES string of the molecule is CCC(NC(=O)CSc1nc(C)c(C)c(C)c1C#N)c1ccc(C)cc1. The third-order valence-electron chi connectivity index (χ3n) is 4.64. The quantitative estimate of drug-likeness (QED) is 0.761. The Bertz CT molecular complexity index is 838. The molecule has 0 bridgehead atoms. The molecule has 1 amide bonds. The summed E-state index contributed by atoms with van der Waals surface area (Å²) in [5.41, 5.74) is 5.74. The van der Waals surface area contributed by atoms with Crippen molar-refractivity contribution in [1.29, 1.82) is 5.26 Å². The molecule has 0 aliphatic rings. The van der Waals surface area contributed by atoms with Crippen LogP contribution in [-0.4, -0.2) is 16.6 Å². The van der Waals surface area contributed by atoms with Gasteiger partial charge in [-0.25, -0.2) is 4.98 Å². The number of hydrogen-bond acceptors (Lipinski definition) is 4. The van der Waals surface area contributed by atoms with Crippen molar-refractivity contribution in [3.05, 3.63) is 57.8 Å². The van der Waals surface area contributed by atoms with Gasteiger partial charge in [-0.2, -0.15) is 5.26 Å². The van der Waals surface area contributed by atoms with Gasteiger partial charge in [-0.15, -0.1) is 0 Å². The zero-order chi connectivity index (χ0) is 19.3. The van der Waals surface area contributed by atoms with Crippen LogP contribution in [0.4, 0.5) is 0 Å². The van der Waals surface area contributed by atoms with Crippen LogP contribution in [0.2, 0.25) is 0 Å². The van der Waals surface area contributed by atoms with Crippen LogP contribution in [0.3, 0.4) is 0 Å². The van der Waals surface area contributed by atoms with Crippen molar-refractivity contribution >= 4 is 17.7 Å². The molecule has 2 aromatic rings. The molecule has 0 radical (unpaired) electrons. The number of hydrogen-bond donors (Lipinski definition) is 1. The van der Waals surface area contributed by atoms with E-state index in [4.69, 9.17) is 0 Å². The summed E-state index contributed by atoms with van der Waals surface area (Å²) in [5, 5.41) is 13.1. The summed E-state index contributed by atoms with van der Waals surface area (Å²) in [6.45, 7) is 9.92. The van der Waals surface area contributed by atoms with E-state index in [9.17, 15) is 10.1 Å². The fraction of sp³-hybridized carbons (Fsp3) is 0.381. The number of rotatable bonds is 6. The molecule has 0 fully saturated rings. The molecule has 2 rings (SSSR count). The van der Waals surface area contributed by atoms with Gasteiger partial charge in [0, 0.05) is 5.69 Å². The molecule has 1 aromatic carbocycles. The zero-order valence-corrected chi connectivity index (χ0v) is 16.8. The molecular formula is C21H25N3OS. The molecule has 0 aliphatic heterocycles. The summed E-state index contributed by atoms with van der Waals surface area (Å²) in [7, 11) is 0. The van der Waals surface area contributed by atoms with Crippen molar-refractivity contribution in [2.24, 2.45) is 0 Å². The molecule has 1 heterocycles. The molecule has 1 aromatic heterocycles. The fourth-order valence-electron chi connectivity index (χ4n) is 2.74. The Labute approximate surface area is 160 Å². The molecular weight excluding hydrogens is 342 g/mol. The number of pyridine rings is 1. The predicted molar refractivity (Wildman–Crippen MR) is 106 cm³/mol. The predicted octanol–water partition coefficient (Wildman–Crippen LogP) is 4.55. The minimum atomic E-state index is -0.0519. The van der Waals surface area contributed by atoms with E-state index < -0.39 is 0 Å². The molecule has 136 valence electrons. The summed E-state index contributed by atoms with van der Waals surface area (Å²) in [6.07, 6.45) is 0.823. The lowest BCUT2D eigenvalue weighted by Crippen LogP contribution is -2.29. The largest absolute Gasteiger partial charge is 0.349 e. The Morgan fingerprint density at radius 2 is 1.85 bits per heavy atom. The lowest BCUT2D eigenvalue weighted by atomic mass is 10.0. The van der Waals surface area contributed by atoms with Gasteiger partial charge in [-0.3, -0.25) is 4.79 Å². The Morgan fingerprint density at radius 3 is 2.42 bits per heavy atom. The average molecular weight is 368 g/mol. The van der Waals surface area contributed by atoms with Gasteiger partial charge in [0.15, 0.2) is 0 Å². The van der Waals surface area contributed by atoms with Gasteiger partial charge in [0.05, 0.1) is 17.4 Å². The highest BCUT2D eigenvalue weighted by Crippen LogP contribution is 2.26. The molecule has 0 saturated heterocycles. The zero-order valence-electron chi connectivity index (χ0n) is 16.0. The number of nitrogens with zero attached hydrogens (tertiary/aromatic N) is 2. The Kier molecular flexibility index (Phi) is 6.82. The third-order valence-corrected chi connectivity index (χ3v) is 5.61. The highest BCUT2D eigenvalue weighted by Gasteiger charge is 2.16. The maximum atomic E-state index is 12.4. The number of aryl methyl sites for hydroxylation is 2. The van der Waals surface area contributed by atoms with Crippen LogP contribution < -0.4 is 5.32 Å². The normalized spacial score (nSPS) is 11.7. The monoisotopic (exact) mass is 367 g/mol. The smallest absolute Gasteiger partial charge is 0.230 e. The van der Waals surface area contributed by atoms with E-state index in [1.165, 1.54) is 17.3 Å². The standard InChI is InChI=1S/C21H25N3OS/c1-6-19(17-9-7-13(2)8-10-17)24-20(25)12-26-21-18(11-22)15(4)14(3)16(5)23-21/h7-10,19H,6,12H2,1-5H3,(H,24,25). The lowest BCUT2D eigenvalue weighted by Gasteiger charge is -2.18. The van der Waals surface area contributed by atoms with Gasteiger partial charge in [-0.1, -0.05) is 48.5 Å². The first-order chi connectivity index (χ1) is 12.4. The van der Waals surface area contributed by atoms with Crippen molar-refractivity contribution in [3.8, 4) is 6.07 Å². The van der Waals surface area contributed by atoms with Crippen molar-refractivity contribution in [2.75, 3.05) is 5.75 Å². The highest BCUT2D eigenvalue weighted by molar-refractivity contribution is 8.00. The third kappa shape index (κ3) is 4.64. The van der Waals surface area contributed by atoms with E-state index in [0.29, 0.717) is 10.6 Å². The number of carbonyl (C=O) groups excluding carboxylic acids is 1. The summed E-state index contributed by atoms with van der Waals surface area (Å²) >= 11 is 1.32. The van der Waals surface area contributed by atoms with E-state index in [-0.39, 0.29) is 17.7 Å². The van der Waals surface area contributed by atoms with Crippen LogP contribution in [0.1, 0.15) is 52.9 Å². The van der Waals surface area contributed by atoms with Crippen molar-refractivity contribution in [1.82, 2.24) is 10.3 Å². The second-order valence-electron chi connectivity index (χ2n) is 6.47. The van der Waals surface area contributed by atoms with Crippen LogP contribution in [0, 0.1) is 39.0 Å². The number of benzene rings is 1.